The van der Waals surface area contributed by atoms with Crippen LogP contribution >= 0.6 is 11.3 Å². The molecule has 154 valence electrons. The van der Waals surface area contributed by atoms with E-state index in [1.807, 2.05) is 30.6 Å². The zero-order valence-electron chi connectivity index (χ0n) is 17.2. The van der Waals surface area contributed by atoms with E-state index in [1.165, 1.54) is 5.56 Å². The van der Waals surface area contributed by atoms with Crippen LogP contribution in [0.15, 0.2) is 65.9 Å². The molecule has 0 bridgehead atoms. The van der Waals surface area contributed by atoms with E-state index in [2.05, 4.69) is 52.5 Å². The quantitative estimate of drug-likeness (QED) is 0.651. The summed E-state index contributed by atoms with van der Waals surface area (Å²) in [6.07, 6.45) is 3.78. The highest BCUT2D eigenvalue weighted by atomic mass is 32.1. The van der Waals surface area contributed by atoms with Gasteiger partial charge in [0.2, 0.25) is 0 Å². The molecule has 0 spiro atoms. The van der Waals surface area contributed by atoms with Crippen LogP contribution in [-0.2, 0) is 4.74 Å². The van der Waals surface area contributed by atoms with Crippen LogP contribution in [0.3, 0.4) is 0 Å². The number of hydrogen-bond acceptors (Lipinski definition) is 5. The molecule has 1 amide bonds. The summed E-state index contributed by atoms with van der Waals surface area (Å²) < 4.78 is 5.38. The van der Waals surface area contributed by atoms with Gasteiger partial charge in [-0.3, -0.25) is 4.79 Å². The Balaban J connectivity index is 1.63. The van der Waals surface area contributed by atoms with Gasteiger partial charge in [-0.25, -0.2) is 4.98 Å². The minimum absolute atomic E-state index is 0.122. The molecule has 30 heavy (non-hydrogen) atoms. The first-order valence-corrected chi connectivity index (χ1v) is 10.9. The third-order valence-corrected chi connectivity index (χ3v) is 5.81. The Morgan fingerprint density at radius 1 is 1.10 bits per heavy atom. The maximum atomic E-state index is 13.0. The summed E-state index contributed by atoms with van der Waals surface area (Å²) in [5.74, 6) is -0.122. The van der Waals surface area contributed by atoms with Gasteiger partial charge in [0.25, 0.3) is 5.91 Å². The lowest BCUT2D eigenvalue weighted by atomic mass is 9.98. The number of allylic oxidation sites excluding steroid dienone is 1. The molecule has 1 aliphatic rings. The normalized spacial score (nSPS) is 14.6. The topological polar surface area (TPSA) is 54.5 Å². The van der Waals surface area contributed by atoms with Gasteiger partial charge in [0.1, 0.15) is 5.01 Å². The molecule has 5 nitrogen and oxygen atoms in total. The fourth-order valence-corrected chi connectivity index (χ4v) is 4.05. The number of carbonyl (C=O) groups excluding carboxylic acids is 1. The van der Waals surface area contributed by atoms with Crippen LogP contribution < -0.4 is 5.32 Å². The standard InChI is InChI=1S/C24H25N3O2S/c1-17-3-5-19(6-4-17)20-13-21(15-22(14-20)24-25-7-12-30-24)23(28)26-18(2)16-27-8-10-29-11-9-27/h3-7,12-16H,8-11H2,1-2H3,(H,26,28)/b18-16-. The summed E-state index contributed by atoms with van der Waals surface area (Å²) >= 11 is 1.57. The average Bonchev–Trinajstić information content (AvgIpc) is 3.29. The Bertz CT molecular complexity index is 1040. The number of ether oxygens (including phenoxy) is 1. The highest BCUT2D eigenvalue weighted by Gasteiger charge is 2.14. The summed E-state index contributed by atoms with van der Waals surface area (Å²) in [6, 6.07) is 14.3. The predicted molar refractivity (Wildman–Crippen MR) is 121 cm³/mol. The molecule has 0 atom stereocenters. The number of nitrogens with zero attached hydrogens (tertiary/aromatic N) is 2. The molecular formula is C24H25N3O2S. The minimum Gasteiger partial charge on any atom is -0.378 e. The highest BCUT2D eigenvalue weighted by molar-refractivity contribution is 7.13. The molecule has 1 N–H and O–H groups in total. The zero-order chi connectivity index (χ0) is 20.9. The van der Waals surface area contributed by atoms with Crippen molar-refractivity contribution in [1.29, 1.82) is 0 Å². The number of benzene rings is 2. The summed E-state index contributed by atoms with van der Waals surface area (Å²) in [4.78, 5) is 19.6. The van der Waals surface area contributed by atoms with Crippen LogP contribution in [0.4, 0.5) is 0 Å². The lowest BCUT2D eigenvalue weighted by molar-refractivity contribution is 0.0588. The molecule has 1 fully saturated rings. The number of aryl methyl sites for hydroxylation is 1. The van der Waals surface area contributed by atoms with Crippen molar-refractivity contribution in [2.24, 2.45) is 0 Å². The molecule has 1 aliphatic heterocycles. The fourth-order valence-electron chi connectivity index (χ4n) is 3.42. The average molecular weight is 420 g/mol. The van der Waals surface area contributed by atoms with Crippen molar-refractivity contribution in [2.75, 3.05) is 26.3 Å². The lowest BCUT2D eigenvalue weighted by Gasteiger charge is -2.26. The zero-order valence-corrected chi connectivity index (χ0v) is 18.0. The van der Waals surface area contributed by atoms with E-state index in [4.69, 9.17) is 4.74 Å². The van der Waals surface area contributed by atoms with Crippen LogP contribution in [0, 0.1) is 6.92 Å². The van der Waals surface area contributed by atoms with E-state index in [0.717, 1.165) is 40.5 Å². The van der Waals surface area contributed by atoms with Gasteiger partial charge in [0.05, 0.1) is 13.2 Å². The Kier molecular flexibility index (Phi) is 6.26. The van der Waals surface area contributed by atoms with Crippen molar-refractivity contribution in [2.45, 2.75) is 13.8 Å². The SMILES string of the molecule is C/C(=C/N1CCOCC1)NC(=O)c1cc(-c2ccc(C)cc2)cc(-c2nccs2)c1. The van der Waals surface area contributed by atoms with Gasteiger partial charge in [-0.15, -0.1) is 11.3 Å². The number of hydrogen-bond donors (Lipinski definition) is 1. The number of amides is 1. The van der Waals surface area contributed by atoms with Crippen LogP contribution in [0.1, 0.15) is 22.8 Å². The van der Waals surface area contributed by atoms with Crippen molar-refractivity contribution in [3.63, 3.8) is 0 Å². The molecule has 2 heterocycles. The van der Waals surface area contributed by atoms with E-state index in [0.29, 0.717) is 18.8 Å². The molecule has 1 aromatic heterocycles. The first-order chi connectivity index (χ1) is 14.6. The van der Waals surface area contributed by atoms with Crippen molar-refractivity contribution < 1.29 is 9.53 Å². The number of nitrogens with one attached hydrogen (secondary N) is 1. The van der Waals surface area contributed by atoms with Crippen molar-refractivity contribution in [1.82, 2.24) is 15.2 Å². The van der Waals surface area contributed by atoms with Gasteiger partial charge >= 0.3 is 0 Å². The number of thiazole rings is 1. The van der Waals surface area contributed by atoms with Gasteiger partial charge in [0.15, 0.2) is 0 Å². The summed E-state index contributed by atoms with van der Waals surface area (Å²) in [6.45, 7) is 7.09. The van der Waals surface area contributed by atoms with Crippen molar-refractivity contribution in [3.8, 4) is 21.7 Å². The van der Waals surface area contributed by atoms with Gasteiger partial charge in [0, 0.05) is 47.7 Å². The number of carbonyl (C=O) groups is 1. The first-order valence-electron chi connectivity index (χ1n) is 10.0. The minimum atomic E-state index is -0.122. The third-order valence-electron chi connectivity index (χ3n) is 4.99. The number of morpholine rings is 1. The Labute approximate surface area is 181 Å². The maximum absolute atomic E-state index is 13.0. The van der Waals surface area contributed by atoms with Gasteiger partial charge in [-0.1, -0.05) is 29.8 Å². The largest absolute Gasteiger partial charge is 0.378 e. The Morgan fingerprint density at radius 3 is 2.53 bits per heavy atom. The van der Waals surface area contributed by atoms with Gasteiger partial charge in [-0.2, -0.15) is 0 Å². The second-order valence-electron chi connectivity index (χ2n) is 7.42. The molecule has 4 rings (SSSR count). The monoisotopic (exact) mass is 419 g/mol. The van der Waals surface area contributed by atoms with Crippen LogP contribution in [0.5, 0.6) is 0 Å². The third kappa shape index (κ3) is 4.96. The van der Waals surface area contributed by atoms with Crippen molar-refractivity contribution >= 4 is 17.2 Å². The fraction of sp³-hybridized carbons (Fsp3) is 0.250. The van der Waals surface area contributed by atoms with Gasteiger partial charge in [-0.05, 0) is 43.2 Å². The molecule has 3 aromatic rings. The number of aromatic nitrogens is 1. The van der Waals surface area contributed by atoms with E-state index in [9.17, 15) is 4.79 Å². The smallest absolute Gasteiger partial charge is 0.255 e. The van der Waals surface area contributed by atoms with Gasteiger partial charge < -0.3 is 15.0 Å². The Hall–Kier alpha value is -2.96. The predicted octanol–water partition coefficient (Wildman–Crippen LogP) is 4.71. The van der Waals surface area contributed by atoms with Crippen LogP contribution in [0.25, 0.3) is 21.7 Å². The molecule has 0 aliphatic carbocycles. The van der Waals surface area contributed by atoms with Crippen LogP contribution in [0.2, 0.25) is 0 Å². The molecule has 0 unspecified atom stereocenters. The summed E-state index contributed by atoms with van der Waals surface area (Å²) in [5.41, 5.74) is 5.67. The molecule has 6 heteroatoms. The molecule has 0 radical (unpaired) electrons. The first kappa shape index (κ1) is 20.3. The van der Waals surface area contributed by atoms with E-state index < -0.39 is 0 Å². The van der Waals surface area contributed by atoms with E-state index in [-0.39, 0.29) is 5.91 Å². The molecular weight excluding hydrogens is 394 g/mol. The summed E-state index contributed by atoms with van der Waals surface area (Å²) in [5, 5.41) is 5.88. The second kappa shape index (κ2) is 9.24. The Morgan fingerprint density at radius 2 is 1.83 bits per heavy atom. The highest BCUT2D eigenvalue weighted by Crippen LogP contribution is 2.29. The molecule has 0 saturated carbocycles. The summed E-state index contributed by atoms with van der Waals surface area (Å²) in [7, 11) is 0. The van der Waals surface area contributed by atoms with E-state index >= 15 is 0 Å². The molecule has 1 saturated heterocycles. The number of rotatable bonds is 5. The van der Waals surface area contributed by atoms with Crippen LogP contribution in [-0.4, -0.2) is 42.1 Å². The van der Waals surface area contributed by atoms with Crippen molar-refractivity contribution in [3.05, 3.63) is 77.1 Å². The molecule has 2 aromatic carbocycles. The van der Waals surface area contributed by atoms with E-state index in [1.54, 1.807) is 17.5 Å². The maximum Gasteiger partial charge on any atom is 0.255 e. The second-order valence-corrected chi connectivity index (χ2v) is 8.31. The lowest BCUT2D eigenvalue weighted by Crippen LogP contribution is -2.33.